The van der Waals surface area contributed by atoms with Gasteiger partial charge in [0.25, 0.3) is 11.7 Å². The van der Waals surface area contributed by atoms with Crippen LogP contribution in [0.3, 0.4) is 0 Å². The van der Waals surface area contributed by atoms with Crippen molar-refractivity contribution in [2.24, 2.45) is 0 Å². The number of rotatable bonds is 6. The second kappa shape index (κ2) is 10.1. The number of hydrogen-bond acceptors (Lipinski definition) is 6. The van der Waals surface area contributed by atoms with Crippen LogP contribution >= 0.6 is 23.2 Å². The number of ether oxygens (including phenoxy) is 3. The Labute approximate surface area is 216 Å². The van der Waals surface area contributed by atoms with E-state index in [1.165, 1.54) is 45.6 Å². The van der Waals surface area contributed by atoms with Crippen LogP contribution in [0, 0.1) is 5.82 Å². The predicted molar refractivity (Wildman–Crippen MR) is 134 cm³/mol. The molecule has 36 heavy (non-hydrogen) atoms. The maximum absolute atomic E-state index is 13.9. The second-order valence-electron chi connectivity index (χ2n) is 7.73. The molecule has 1 N–H and O–H groups in total. The summed E-state index contributed by atoms with van der Waals surface area (Å²) in [4.78, 5) is 27.8. The molecule has 3 aromatic rings. The number of Topliss-reactive ketones (excluding diaryl/α,β-unsaturated/α-hetero) is 1. The lowest BCUT2D eigenvalue weighted by Crippen LogP contribution is -2.29. The minimum absolute atomic E-state index is 0.0902. The molecule has 1 heterocycles. The average Bonchev–Trinajstić information content (AvgIpc) is 3.15. The number of amides is 1. The molecule has 1 unspecified atom stereocenters. The Bertz CT molecular complexity index is 1390. The number of ketones is 1. The first kappa shape index (κ1) is 25.3. The topological polar surface area (TPSA) is 85.3 Å². The quantitative estimate of drug-likeness (QED) is 0.246. The van der Waals surface area contributed by atoms with Crippen LogP contribution in [0.1, 0.15) is 17.2 Å². The van der Waals surface area contributed by atoms with E-state index in [1.807, 2.05) is 0 Å². The molecular weight excluding hydrogens is 512 g/mol. The van der Waals surface area contributed by atoms with Crippen LogP contribution in [0.2, 0.25) is 10.0 Å². The molecule has 3 aromatic carbocycles. The number of nitrogens with zero attached hydrogens (tertiary/aromatic N) is 1. The van der Waals surface area contributed by atoms with Crippen molar-refractivity contribution in [2.75, 3.05) is 26.2 Å². The minimum Gasteiger partial charge on any atom is -0.507 e. The largest absolute Gasteiger partial charge is 0.507 e. The fourth-order valence-corrected chi connectivity index (χ4v) is 4.43. The molecule has 1 aliphatic rings. The lowest BCUT2D eigenvalue weighted by Gasteiger charge is -2.26. The summed E-state index contributed by atoms with van der Waals surface area (Å²) < 4.78 is 29.7. The standard InChI is InChI=1S/C26H20Cl2FNO6/c1-34-15-7-4-13(5-8-15)23-22(24(31)16-11-21(36-3)18(28)12-20(16)35-2)25(32)26(33)30(23)14-6-9-19(29)17(27)10-14/h4-12,23,31H,1-3H3/b24-22+. The number of benzene rings is 3. The number of hydrogen-bond donors (Lipinski definition) is 1. The van der Waals surface area contributed by atoms with E-state index in [9.17, 15) is 19.1 Å². The Kier molecular flexibility index (Phi) is 7.10. The molecule has 0 radical (unpaired) electrons. The Balaban J connectivity index is 1.99. The van der Waals surface area contributed by atoms with Gasteiger partial charge in [0.05, 0.1) is 48.6 Å². The molecule has 7 nitrogen and oxygen atoms in total. The Morgan fingerprint density at radius 1 is 0.889 bits per heavy atom. The maximum atomic E-state index is 13.9. The van der Waals surface area contributed by atoms with Gasteiger partial charge in [-0.05, 0) is 42.0 Å². The highest BCUT2D eigenvalue weighted by molar-refractivity contribution is 6.52. The van der Waals surface area contributed by atoms with Gasteiger partial charge in [-0.3, -0.25) is 14.5 Å². The van der Waals surface area contributed by atoms with Crippen molar-refractivity contribution in [2.45, 2.75) is 6.04 Å². The second-order valence-corrected chi connectivity index (χ2v) is 8.54. The minimum atomic E-state index is -1.08. The number of halogens is 3. The maximum Gasteiger partial charge on any atom is 0.300 e. The lowest BCUT2D eigenvalue weighted by molar-refractivity contribution is -0.132. The highest BCUT2D eigenvalue weighted by atomic mass is 35.5. The van der Waals surface area contributed by atoms with Crippen LogP contribution < -0.4 is 19.1 Å². The summed E-state index contributed by atoms with van der Waals surface area (Å²) in [6.45, 7) is 0. The summed E-state index contributed by atoms with van der Waals surface area (Å²) in [7, 11) is 4.27. The van der Waals surface area contributed by atoms with Gasteiger partial charge in [-0.2, -0.15) is 0 Å². The van der Waals surface area contributed by atoms with E-state index in [0.717, 1.165) is 11.0 Å². The molecule has 1 fully saturated rings. The average molecular weight is 532 g/mol. The van der Waals surface area contributed by atoms with Gasteiger partial charge in [0.15, 0.2) is 0 Å². The Morgan fingerprint density at radius 3 is 2.14 bits per heavy atom. The molecule has 1 aliphatic heterocycles. The molecular formula is C26H20Cl2FNO6. The fourth-order valence-electron chi connectivity index (χ4n) is 4.03. The Hall–Kier alpha value is -3.75. The van der Waals surface area contributed by atoms with E-state index in [4.69, 9.17) is 37.4 Å². The lowest BCUT2D eigenvalue weighted by atomic mass is 9.94. The van der Waals surface area contributed by atoms with Crippen molar-refractivity contribution in [1.82, 2.24) is 0 Å². The third-order valence-electron chi connectivity index (χ3n) is 5.79. The van der Waals surface area contributed by atoms with Gasteiger partial charge in [0, 0.05) is 11.8 Å². The number of anilines is 1. The van der Waals surface area contributed by atoms with Crippen LogP contribution in [-0.2, 0) is 9.59 Å². The summed E-state index contributed by atoms with van der Waals surface area (Å²) in [5, 5.41) is 11.4. The third kappa shape index (κ3) is 4.34. The summed E-state index contributed by atoms with van der Waals surface area (Å²) >= 11 is 12.2. The van der Waals surface area contributed by atoms with Gasteiger partial charge in [-0.1, -0.05) is 35.3 Å². The van der Waals surface area contributed by atoms with Crippen LogP contribution in [0.5, 0.6) is 17.2 Å². The summed E-state index contributed by atoms with van der Waals surface area (Å²) in [5.74, 6) is -2.15. The predicted octanol–water partition coefficient (Wildman–Crippen LogP) is 5.78. The van der Waals surface area contributed by atoms with Gasteiger partial charge in [0.2, 0.25) is 0 Å². The van der Waals surface area contributed by atoms with E-state index in [0.29, 0.717) is 11.3 Å². The van der Waals surface area contributed by atoms with Gasteiger partial charge in [-0.25, -0.2) is 4.39 Å². The molecule has 0 aromatic heterocycles. The highest BCUT2D eigenvalue weighted by Crippen LogP contribution is 2.45. The van der Waals surface area contributed by atoms with E-state index in [-0.39, 0.29) is 38.4 Å². The van der Waals surface area contributed by atoms with Crippen LogP contribution in [0.15, 0.2) is 60.2 Å². The van der Waals surface area contributed by atoms with Crippen LogP contribution in [0.4, 0.5) is 10.1 Å². The summed E-state index contributed by atoms with van der Waals surface area (Å²) in [6.07, 6.45) is 0. The van der Waals surface area contributed by atoms with Gasteiger partial charge >= 0.3 is 0 Å². The Morgan fingerprint density at radius 2 is 1.56 bits per heavy atom. The van der Waals surface area contributed by atoms with Gasteiger partial charge in [-0.15, -0.1) is 0 Å². The molecule has 1 atom stereocenters. The summed E-state index contributed by atoms with van der Waals surface area (Å²) in [6, 6.07) is 12.0. The first-order valence-corrected chi connectivity index (χ1v) is 11.3. The number of aliphatic hydroxyl groups excluding tert-OH is 1. The zero-order valence-electron chi connectivity index (χ0n) is 19.3. The number of carbonyl (C=O) groups excluding carboxylic acids is 2. The molecule has 4 rings (SSSR count). The van der Waals surface area contributed by atoms with E-state index in [2.05, 4.69) is 0 Å². The summed E-state index contributed by atoms with van der Waals surface area (Å²) in [5.41, 5.74) is 0.529. The molecule has 10 heteroatoms. The first-order chi connectivity index (χ1) is 17.2. The molecule has 0 saturated carbocycles. The van der Waals surface area contributed by atoms with Gasteiger partial charge < -0.3 is 19.3 Å². The van der Waals surface area contributed by atoms with Gasteiger partial charge in [0.1, 0.15) is 28.8 Å². The molecule has 1 amide bonds. The SMILES string of the molecule is COc1ccc(C2/C(=C(\O)c3cc(OC)c(Cl)cc3OC)C(=O)C(=O)N2c2ccc(F)c(Cl)c2)cc1. The third-order valence-corrected chi connectivity index (χ3v) is 6.37. The van der Waals surface area contributed by atoms with Crippen LogP contribution in [-0.4, -0.2) is 38.1 Å². The normalized spacial score (nSPS) is 16.8. The van der Waals surface area contributed by atoms with Crippen molar-refractivity contribution >= 4 is 46.3 Å². The van der Waals surface area contributed by atoms with Crippen molar-refractivity contribution < 1.29 is 33.3 Å². The highest BCUT2D eigenvalue weighted by Gasteiger charge is 2.47. The molecule has 0 spiro atoms. The fraction of sp³-hybridized carbons (Fsp3) is 0.154. The van der Waals surface area contributed by atoms with Crippen molar-refractivity contribution in [3.05, 3.63) is 87.2 Å². The number of methoxy groups -OCH3 is 3. The zero-order valence-corrected chi connectivity index (χ0v) is 20.9. The smallest absolute Gasteiger partial charge is 0.300 e. The first-order valence-electron chi connectivity index (χ1n) is 10.5. The van der Waals surface area contributed by atoms with E-state index in [1.54, 1.807) is 24.3 Å². The van der Waals surface area contributed by atoms with Crippen LogP contribution in [0.25, 0.3) is 5.76 Å². The van der Waals surface area contributed by atoms with E-state index < -0.39 is 29.3 Å². The number of carbonyl (C=O) groups is 2. The molecule has 0 aliphatic carbocycles. The number of aliphatic hydroxyl groups is 1. The van der Waals surface area contributed by atoms with E-state index >= 15 is 0 Å². The molecule has 0 bridgehead atoms. The zero-order chi connectivity index (χ0) is 26.1. The monoisotopic (exact) mass is 531 g/mol. The van der Waals surface area contributed by atoms with Crippen molar-refractivity contribution in [3.8, 4) is 17.2 Å². The van der Waals surface area contributed by atoms with Crippen molar-refractivity contribution in [3.63, 3.8) is 0 Å². The molecule has 1 saturated heterocycles. The van der Waals surface area contributed by atoms with Crippen molar-refractivity contribution in [1.29, 1.82) is 0 Å². The molecule has 186 valence electrons.